The van der Waals surface area contributed by atoms with Crippen molar-refractivity contribution in [3.63, 3.8) is 0 Å². The average molecular weight is 447 g/mol. The fraction of sp³-hybridized carbons (Fsp3) is 0.105. The molecule has 2 aromatic carbocycles. The van der Waals surface area contributed by atoms with Gasteiger partial charge in [0.1, 0.15) is 4.90 Å². The number of nitrogens with one attached hydrogen (secondary N) is 1. The summed E-state index contributed by atoms with van der Waals surface area (Å²) in [5.41, 5.74) is 2.06. The summed E-state index contributed by atoms with van der Waals surface area (Å²) in [6.07, 6.45) is 1.27. The van der Waals surface area contributed by atoms with Crippen LogP contribution in [0.5, 0.6) is 0 Å². The van der Waals surface area contributed by atoms with Gasteiger partial charge in [0.25, 0.3) is 10.0 Å². The van der Waals surface area contributed by atoms with Crippen molar-refractivity contribution in [3.05, 3.63) is 59.8 Å². The molecule has 10 heteroatoms. The molecule has 0 atom stereocenters. The van der Waals surface area contributed by atoms with Gasteiger partial charge in [0.15, 0.2) is 5.16 Å². The Morgan fingerprint density at radius 2 is 1.97 bits per heavy atom. The Balaban J connectivity index is 1.61. The number of fused-ring (bicyclic) bond motifs is 3. The second-order valence-electron chi connectivity index (χ2n) is 6.20. The number of carbonyl (C=O) groups excluding carboxylic acids is 1. The number of rotatable bonds is 4. The van der Waals surface area contributed by atoms with Crippen LogP contribution in [0.1, 0.15) is 0 Å². The van der Waals surface area contributed by atoms with Crippen molar-refractivity contribution in [1.82, 2.24) is 9.97 Å². The van der Waals surface area contributed by atoms with Crippen molar-refractivity contribution in [3.8, 4) is 11.3 Å². The van der Waals surface area contributed by atoms with Crippen molar-refractivity contribution in [1.29, 1.82) is 0 Å². The third-order valence-electron chi connectivity index (χ3n) is 4.31. The number of thioether (sulfide) groups is 1. The van der Waals surface area contributed by atoms with E-state index in [2.05, 4.69) is 15.3 Å². The number of hydrogen-bond acceptors (Lipinski definition) is 6. The summed E-state index contributed by atoms with van der Waals surface area (Å²) in [5.74, 6) is -0.124. The molecule has 1 aliphatic rings. The van der Waals surface area contributed by atoms with Crippen LogP contribution < -0.4 is 9.62 Å². The SMILES string of the molecule is CN1c2ccc(Cl)cc2-c2nc(SCC(=O)Nc3ccccc3)ncc2S1(=O)=O. The fourth-order valence-electron chi connectivity index (χ4n) is 2.90. The highest BCUT2D eigenvalue weighted by molar-refractivity contribution is 7.99. The molecule has 7 nitrogen and oxygen atoms in total. The van der Waals surface area contributed by atoms with E-state index in [0.717, 1.165) is 11.8 Å². The Morgan fingerprint density at radius 1 is 1.21 bits per heavy atom. The van der Waals surface area contributed by atoms with E-state index in [1.165, 1.54) is 17.5 Å². The van der Waals surface area contributed by atoms with Crippen LogP contribution in [-0.2, 0) is 14.8 Å². The van der Waals surface area contributed by atoms with Gasteiger partial charge in [-0.15, -0.1) is 0 Å². The molecule has 1 aromatic heterocycles. The maximum absolute atomic E-state index is 12.8. The first kappa shape index (κ1) is 19.7. The highest BCUT2D eigenvalue weighted by Crippen LogP contribution is 2.42. The molecule has 0 radical (unpaired) electrons. The van der Waals surface area contributed by atoms with Crippen molar-refractivity contribution in [2.75, 3.05) is 22.4 Å². The number of carbonyl (C=O) groups is 1. The molecule has 2 heterocycles. The summed E-state index contributed by atoms with van der Waals surface area (Å²) in [7, 11) is -2.29. The highest BCUT2D eigenvalue weighted by atomic mass is 35.5. The van der Waals surface area contributed by atoms with Crippen LogP contribution in [0.4, 0.5) is 11.4 Å². The predicted octanol–water partition coefficient (Wildman–Crippen LogP) is 3.67. The Bertz CT molecular complexity index is 1200. The number of amides is 1. The molecule has 3 aromatic rings. The second-order valence-corrected chi connectivity index (χ2v) is 9.52. The van der Waals surface area contributed by atoms with Gasteiger partial charge in [0.05, 0.1) is 23.3 Å². The molecule has 1 amide bonds. The van der Waals surface area contributed by atoms with Gasteiger partial charge in [-0.3, -0.25) is 9.10 Å². The van der Waals surface area contributed by atoms with Crippen molar-refractivity contribution in [2.45, 2.75) is 10.1 Å². The van der Waals surface area contributed by atoms with Gasteiger partial charge in [-0.05, 0) is 30.3 Å². The number of aromatic nitrogens is 2. The first-order chi connectivity index (χ1) is 13.9. The maximum Gasteiger partial charge on any atom is 0.267 e. The smallest absolute Gasteiger partial charge is 0.267 e. The van der Waals surface area contributed by atoms with Gasteiger partial charge >= 0.3 is 0 Å². The Hall–Kier alpha value is -2.62. The first-order valence-corrected chi connectivity index (χ1v) is 11.3. The molecule has 0 bridgehead atoms. The molecule has 1 N–H and O–H groups in total. The normalized spacial score (nSPS) is 14.1. The van der Waals surface area contributed by atoms with Gasteiger partial charge in [-0.25, -0.2) is 18.4 Å². The summed E-state index contributed by atoms with van der Waals surface area (Å²) in [6.45, 7) is 0. The molecule has 0 spiro atoms. The largest absolute Gasteiger partial charge is 0.325 e. The minimum absolute atomic E-state index is 0.00727. The molecule has 0 saturated heterocycles. The van der Waals surface area contributed by atoms with Gasteiger partial charge in [0.2, 0.25) is 5.91 Å². The zero-order valence-corrected chi connectivity index (χ0v) is 17.6. The summed E-state index contributed by atoms with van der Waals surface area (Å²) < 4.78 is 26.7. The monoisotopic (exact) mass is 446 g/mol. The molecular formula is C19H15ClN4O3S2. The fourth-order valence-corrected chi connectivity index (χ4v) is 4.99. The van der Waals surface area contributed by atoms with E-state index in [9.17, 15) is 13.2 Å². The van der Waals surface area contributed by atoms with Crippen LogP contribution in [0.15, 0.2) is 64.8 Å². The van der Waals surface area contributed by atoms with Crippen LogP contribution in [0.25, 0.3) is 11.3 Å². The number of benzene rings is 2. The van der Waals surface area contributed by atoms with Gasteiger partial charge < -0.3 is 5.32 Å². The molecule has 0 unspecified atom stereocenters. The van der Waals surface area contributed by atoms with E-state index in [1.54, 1.807) is 30.3 Å². The maximum atomic E-state index is 12.8. The Kier molecular flexibility index (Phi) is 5.20. The zero-order chi connectivity index (χ0) is 20.6. The van der Waals surface area contributed by atoms with Crippen molar-refractivity contribution < 1.29 is 13.2 Å². The Labute approximate surface area is 177 Å². The van der Waals surface area contributed by atoms with E-state index >= 15 is 0 Å². The van der Waals surface area contributed by atoms with Gasteiger partial charge in [-0.2, -0.15) is 0 Å². The summed E-state index contributed by atoms with van der Waals surface area (Å²) in [6, 6.07) is 14.0. The van der Waals surface area contributed by atoms with E-state index in [4.69, 9.17) is 11.6 Å². The number of nitrogens with zero attached hydrogens (tertiary/aromatic N) is 3. The second kappa shape index (κ2) is 7.66. The van der Waals surface area contributed by atoms with Crippen LogP contribution in [0.3, 0.4) is 0 Å². The standard InChI is InChI=1S/C19H15ClN4O3S2/c1-24-15-8-7-12(20)9-14(15)18-16(29(24,26)27)10-21-19(23-18)28-11-17(25)22-13-5-3-2-4-6-13/h2-10H,11H2,1H3,(H,22,25). The third kappa shape index (κ3) is 3.81. The summed E-state index contributed by atoms with van der Waals surface area (Å²) in [4.78, 5) is 20.7. The minimum Gasteiger partial charge on any atom is -0.325 e. The van der Waals surface area contributed by atoms with Crippen LogP contribution in [0.2, 0.25) is 5.02 Å². The van der Waals surface area contributed by atoms with Crippen molar-refractivity contribution >= 4 is 50.7 Å². The first-order valence-electron chi connectivity index (χ1n) is 8.50. The molecule has 1 aliphatic heterocycles. The molecule has 0 fully saturated rings. The highest BCUT2D eigenvalue weighted by Gasteiger charge is 2.34. The van der Waals surface area contributed by atoms with E-state index in [0.29, 0.717) is 27.1 Å². The molecule has 0 aliphatic carbocycles. The van der Waals surface area contributed by atoms with Crippen LogP contribution >= 0.6 is 23.4 Å². The lowest BCUT2D eigenvalue weighted by molar-refractivity contribution is -0.113. The van der Waals surface area contributed by atoms with Gasteiger partial charge in [-0.1, -0.05) is 41.6 Å². The lowest BCUT2D eigenvalue weighted by Gasteiger charge is -2.28. The van der Waals surface area contributed by atoms with E-state index in [1.807, 2.05) is 18.2 Å². The quantitative estimate of drug-likeness (QED) is 0.485. The van der Waals surface area contributed by atoms with Gasteiger partial charge in [0, 0.05) is 23.3 Å². The zero-order valence-electron chi connectivity index (χ0n) is 15.2. The topological polar surface area (TPSA) is 92.3 Å². The molecule has 29 heavy (non-hydrogen) atoms. The molecule has 0 saturated carbocycles. The summed E-state index contributed by atoms with van der Waals surface area (Å²) in [5, 5.41) is 3.55. The number of para-hydroxylation sites is 1. The molecule has 148 valence electrons. The number of anilines is 2. The molecule has 4 rings (SSSR count). The number of halogens is 1. The Morgan fingerprint density at radius 3 is 2.72 bits per heavy atom. The third-order valence-corrected chi connectivity index (χ3v) is 7.18. The van der Waals surface area contributed by atoms with E-state index < -0.39 is 10.0 Å². The molecular weight excluding hydrogens is 432 g/mol. The number of hydrogen-bond donors (Lipinski definition) is 1. The van der Waals surface area contributed by atoms with E-state index in [-0.39, 0.29) is 22.2 Å². The lowest BCUT2D eigenvalue weighted by Crippen LogP contribution is -2.31. The summed E-state index contributed by atoms with van der Waals surface area (Å²) >= 11 is 7.24. The van der Waals surface area contributed by atoms with Crippen LogP contribution in [0, 0.1) is 0 Å². The average Bonchev–Trinajstić information content (AvgIpc) is 2.71. The van der Waals surface area contributed by atoms with Crippen LogP contribution in [-0.4, -0.2) is 37.1 Å². The number of sulfonamides is 1. The predicted molar refractivity (Wildman–Crippen MR) is 114 cm³/mol. The lowest BCUT2D eigenvalue weighted by atomic mass is 10.1. The minimum atomic E-state index is -3.76. The van der Waals surface area contributed by atoms with Crippen molar-refractivity contribution in [2.24, 2.45) is 0 Å².